The first kappa shape index (κ1) is 13.7. The summed E-state index contributed by atoms with van der Waals surface area (Å²) in [6, 6.07) is 9.95. The zero-order valence-corrected chi connectivity index (χ0v) is 12.1. The predicted molar refractivity (Wildman–Crippen MR) is 82.0 cm³/mol. The number of fused-ring (bicyclic) bond motifs is 1. The summed E-state index contributed by atoms with van der Waals surface area (Å²) in [4.78, 5) is 12.3. The Morgan fingerprint density at radius 2 is 2.33 bits per heavy atom. The molecule has 2 atom stereocenters. The number of rotatable bonds is 4. The van der Waals surface area contributed by atoms with E-state index in [2.05, 4.69) is 21.8 Å². The van der Waals surface area contributed by atoms with Crippen LogP contribution >= 0.6 is 0 Å². The van der Waals surface area contributed by atoms with Gasteiger partial charge in [-0.2, -0.15) is 5.10 Å². The summed E-state index contributed by atoms with van der Waals surface area (Å²) in [6.07, 6.45) is 5.41. The molecular formula is C16H20N4O. The van der Waals surface area contributed by atoms with E-state index in [1.807, 2.05) is 42.1 Å². The Bertz CT molecular complexity index is 608. The average molecular weight is 284 g/mol. The van der Waals surface area contributed by atoms with Gasteiger partial charge in [0, 0.05) is 24.1 Å². The van der Waals surface area contributed by atoms with Gasteiger partial charge in [0.1, 0.15) is 6.04 Å². The molecule has 2 aromatic rings. The van der Waals surface area contributed by atoms with Crippen molar-refractivity contribution >= 4 is 11.6 Å². The number of carbonyl (C=O) groups is 1. The van der Waals surface area contributed by atoms with Gasteiger partial charge in [-0.3, -0.25) is 9.48 Å². The van der Waals surface area contributed by atoms with Crippen molar-refractivity contribution in [1.29, 1.82) is 0 Å². The first-order valence-corrected chi connectivity index (χ1v) is 7.34. The zero-order chi connectivity index (χ0) is 14.7. The van der Waals surface area contributed by atoms with Gasteiger partial charge < -0.3 is 10.6 Å². The van der Waals surface area contributed by atoms with Crippen LogP contribution in [-0.4, -0.2) is 27.8 Å². The van der Waals surface area contributed by atoms with Crippen LogP contribution < -0.4 is 10.6 Å². The van der Waals surface area contributed by atoms with E-state index in [9.17, 15) is 4.79 Å². The number of nitrogens with zero attached hydrogens (tertiary/aromatic N) is 2. The second kappa shape index (κ2) is 5.99. The molecule has 2 heterocycles. The average Bonchev–Trinajstić information content (AvgIpc) is 2.99. The SMILES string of the molecule is CC(Cn1cccn1)NC(=O)C1CCc2ccccc2N1. The standard InChI is InChI=1S/C16H20N4O/c1-12(11-20-10-4-9-17-20)18-16(21)15-8-7-13-5-2-3-6-14(13)19-15/h2-6,9-10,12,15,19H,7-8,11H2,1H3,(H,18,21). The zero-order valence-electron chi connectivity index (χ0n) is 12.1. The van der Waals surface area contributed by atoms with Gasteiger partial charge in [0.2, 0.25) is 5.91 Å². The predicted octanol–water partition coefficient (Wildman–Crippen LogP) is 1.81. The number of amides is 1. The lowest BCUT2D eigenvalue weighted by Crippen LogP contribution is -2.46. The molecule has 0 bridgehead atoms. The number of anilines is 1. The first-order chi connectivity index (χ1) is 10.2. The Kier molecular flexibility index (Phi) is 3.90. The fraction of sp³-hybridized carbons (Fsp3) is 0.375. The number of hydrogen-bond donors (Lipinski definition) is 2. The molecule has 1 aromatic heterocycles. The number of nitrogens with one attached hydrogen (secondary N) is 2. The minimum atomic E-state index is -0.153. The Hall–Kier alpha value is -2.30. The van der Waals surface area contributed by atoms with E-state index in [4.69, 9.17) is 0 Å². The Morgan fingerprint density at radius 3 is 3.14 bits per heavy atom. The van der Waals surface area contributed by atoms with Gasteiger partial charge in [0.25, 0.3) is 0 Å². The molecule has 21 heavy (non-hydrogen) atoms. The Morgan fingerprint density at radius 1 is 1.48 bits per heavy atom. The molecule has 3 rings (SSSR count). The third-order valence-electron chi connectivity index (χ3n) is 3.77. The topological polar surface area (TPSA) is 59.0 Å². The minimum Gasteiger partial charge on any atom is -0.373 e. The van der Waals surface area contributed by atoms with Crippen molar-refractivity contribution in [1.82, 2.24) is 15.1 Å². The molecule has 5 heteroatoms. The van der Waals surface area contributed by atoms with Crippen molar-refractivity contribution in [2.75, 3.05) is 5.32 Å². The molecule has 0 saturated heterocycles. The first-order valence-electron chi connectivity index (χ1n) is 7.34. The maximum absolute atomic E-state index is 12.3. The quantitative estimate of drug-likeness (QED) is 0.900. The molecule has 2 N–H and O–H groups in total. The van der Waals surface area contributed by atoms with Gasteiger partial charge >= 0.3 is 0 Å². The lowest BCUT2D eigenvalue weighted by Gasteiger charge is -2.27. The van der Waals surface area contributed by atoms with Crippen molar-refractivity contribution in [2.24, 2.45) is 0 Å². The van der Waals surface area contributed by atoms with Gasteiger partial charge in [0.15, 0.2) is 0 Å². The molecule has 2 unspecified atom stereocenters. The van der Waals surface area contributed by atoms with E-state index in [0.717, 1.165) is 18.5 Å². The van der Waals surface area contributed by atoms with Gasteiger partial charge in [-0.15, -0.1) is 0 Å². The molecule has 0 fully saturated rings. The molecule has 1 aliphatic rings. The second-order valence-corrected chi connectivity index (χ2v) is 5.53. The van der Waals surface area contributed by atoms with E-state index in [1.165, 1.54) is 5.56 Å². The number of aromatic nitrogens is 2. The normalized spacial score (nSPS) is 18.4. The van der Waals surface area contributed by atoms with Gasteiger partial charge in [-0.05, 0) is 37.5 Å². The second-order valence-electron chi connectivity index (χ2n) is 5.53. The molecule has 0 aliphatic carbocycles. The van der Waals surface area contributed by atoms with E-state index >= 15 is 0 Å². The lowest BCUT2D eigenvalue weighted by molar-refractivity contribution is -0.122. The number of hydrogen-bond acceptors (Lipinski definition) is 3. The summed E-state index contributed by atoms with van der Waals surface area (Å²) >= 11 is 0. The van der Waals surface area contributed by atoms with Crippen LogP contribution in [0.3, 0.4) is 0 Å². The Balaban J connectivity index is 1.56. The minimum absolute atomic E-state index is 0.0522. The summed E-state index contributed by atoms with van der Waals surface area (Å²) in [6.45, 7) is 2.68. The number of carbonyl (C=O) groups excluding carboxylic acids is 1. The number of aryl methyl sites for hydroxylation is 1. The molecule has 0 saturated carbocycles. The molecule has 0 spiro atoms. The largest absolute Gasteiger partial charge is 0.373 e. The highest BCUT2D eigenvalue weighted by Gasteiger charge is 2.24. The van der Waals surface area contributed by atoms with Crippen LogP contribution in [0.5, 0.6) is 0 Å². The van der Waals surface area contributed by atoms with Crippen molar-refractivity contribution in [3.63, 3.8) is 0 Å². The third kappa shape index (κ3) is 3.24. The van der Waals surface area contributed by atoms with Crippen LogP contribution in [0.4, 0.5) is 5.69 Å². The van der Waals surface area contributed by atoms with Crippen molar-refractivity contribution in [3.8, 4) is 0 Å². The van der Waals surface area contributed by atoms with E-state index < -0.39 is 0 Å². The Labute approximate surface area is 124 Å². The molecule has 1 aromatic carbocycles. The maximum atomic E-state index is 12.3. The smallest absolute Gasteiger partial charge is 0.242 e. The highest BCUT2D eigenvalue weighted by molar-refractivity contribution is 5.85. The highest BCUT2D eigenvalue weighted by Crippen LogP contribution is 2.24. The lowest BCUT2D eigenvalue weighted by atomic mass is 9.97. The van der Waals surface area contributed by atoms with Gasteiger partial charge in [-0.1, -0.05) is 18.2 Å². The summed E-state index contributed by atoms with van der Waals surface area (Å²) in [5.41, 5.74) is 2.36. The molecular weight excluding hydrogens is 264 g/mol. The summed E-state index contributed by atoms with van der Waals surface area (Å²) in [5, 5.41) is 10.5. The number of benzene rings is 1. The number of para-hydroxylation sites is 1. The van der Waals surface area contributed by atoms with E-state index in [1.54, 1.807) is 6.20 Å². The fourth-order valence-corrected chi connectivity index (χ4v) is 2.71. The van der Waals surface area contributed by atoms with Gasteiger partial charge in [0.05, 0.1) is 6.54 Å². The van der Waals surface area contributed by atoms with Crippen LogP contribution in [0.25, 0.3) is 0 Å². The highest BCUT2D eigenvalue weighted by atomic mass is 16.2. The van der Waals surface area contributed by atoms with Crippen LogP contribution in [0.1, 0.15) is 18.9 Å². The molecule has 5 nitrogen and oxygen atoms in total. The van der Waals surface area contributed by atoms with E-state index in [0.29, 0.717) is 6.54 Å². The van der Waals surface area contributed by atoms with Crippen LogP contribution in [0, 0.1) is 0 Å². The van der Waals surface area contributed by atoms with Gasteiger partial charge in [-0.25, -0.2) is 0 Å². The molecule has 1 amide bonds. The van der Waals surface area contributed by atoms with Crippen molar-refractivity contribution in [2.45, 2.75) is 38.4 Å². The summed E-state index contributed by atoms with van der Waals surface area (Å²) in [5.74, 6) is 0.0594. The summed E-state index contributed by atoms with van der Waals surface area (Å²) in [7, 11) is 0. The molecule has 0 radical (unpaired) electrons. The fourth-order valence-electron chi connectivity index (χ4n) is 2.71. The molecule has 110 valence electrons. The van der Waals surface area contributed by atoms with Crippen molar-refractivity contribution in [3.05, 3.63) is 48.3 Å². The monoisotopic (exact) mass is 284 g/mol. The third-order valence-corrected chi connectivity index (χ3v) is 3.77. The van der Waals surface area contributed by atoms with Crippen LogP contribution in [0.2, 0.25) is 0 Å². The molecule has 1 aliphatic heterocycles. The maximum Gasteiger partial charge on any atom is 0.242 e. The van der Waals surface area contributed by atoms with Crippen molar-refractivity contribution < 1.29 is 4.79 Å². The summed E-state index contributed by atoms with van der Waals surface area (Å²) < 4.78 is 1.83. The van der Waals surface area contributed by atoms with E-state index in [-0.39, 0.29) is 18.0 Å². The van der Waals surface area contributed by atoms with Crippen LogP contribution in [-0.2, 0) is 17.8 Å². The van der Waals surface area contributed by atoms with Crippen LogP contribution in [0.15, 0.2) is 42.7 Å².